The van der Waals surface area contributed by atoms with Gasteiger partial charge < -0.3 is 33.5 Å². The molecule has 2 aliphatic rings. The predicted octanol–water partition coefficient (Wildman–Crippen LogP) is 0.877. The van der Waals surface area contributed by atoms with Crippen LogP contribution in [0.5, 0.6) is 0 Å². The molecule has 5 atom stereocenters. The van der Waals surface area contributed by atoms with Crippen LogP contribution in [0.4, 0.5) is 0 Å². The number of esters is 4. The summed E-state index contributed by atoms with van der Waals surface area (Å²) in [4.78, 5) is 67.9. The van der Waals surface area contributed by atoms with Crippen LogP contribution < -0.4 is 0 Å². The summed E-state index contributed by atoms with van der Waals surface area (Å²) >= 11 is 0. The summed E-state index contributed by atoms with van der Waals surface area (Å²) in [6.07, 6.45) is 2.87. The largest absolute Gasteiger partial charge is 0.473 e. The molecule has 0 aliphatic carbocycles. The fraction of sp³-hybridized carbons (Fsp3) is 0.750. The van der Waals surface area contributed by atoms with Crippen LogP contribution >= 0.6 is 0 Å². The van der Waals surface area contributed by atoms with Gasteiger partial charge in [0.25, 0.3) is 0 Å². The smallest absolute Gasteiger partial charge is 0.417 e. The topological polar surface area (TPSA) is 178 Å². The predicted molar refractivity (Wildman–Crippen MR) is 121 cm³/mol. The van der Waals surface area contributed by atoms with Crippen LogP contribution in [0.3, 0.4) is 0 Å². The van der Waals surface area contributed by atoms with Gasteiger partial charge in [0.15, 0.2) is 12.2 Å². The molecule has 0 aromatic heterocycles. The van der Waals surface area contributed by atoms with Gasteiger partial charge in [-0.1, -0.05) is 26.2 Å². The van der Waals surface area contributed by atoms with Gasteiger partial charge in [0.05, 0.1) is 19.8 Å². The lowest BCUT2D eigenvalue weighted by molar-refractivity contribution is -0.177. The highest BCUT2D eigenvalue weighted by atomic mass is 16.7. The maximum Gasteiger partial charge on any atom is 0.417 e. The van der Waals surface area contributed by atoms with Crippen molar-refractivity contribution in [2.45, 2.75) is 95.2 Å². The Morgan fingerprint density at radius 3 is 2.00 bits per heavy atom. The number of rotatable bonds is 15. The first-order valence-corrected chi connectivity index (χ1v) is 12.5. The zero-order valence-electron chi connectivity index (χ0n) is 20.8. The number of carboxylic acids is 1. The number of aldehydes is 1. The first-order valence-electron chi connectivity index (χ1n) is 12.5. The van der Waals surface area contributed by atoms with Crippen molar-refractivity contribution < 1.29 is 62.3 Å². The Bertz CT molecular complexity index is 810. The Balaban J connectivity index is 1.78. The number of ether oxygens (including phenoxy) is 6. The molecule has 0 saturated carbocycles. The van der Waals surface area contributed by atoms with Crippen molar-refractivity contribution in [3.63, 3.8) is 0 Å². The van der Waals surface area contributed by atoms with E-state index in [0.29, 0.717) is 32.1 Å². The molecule has 2 rings (SSSR count). The highest BCUT2D eigenvalue weighted by Gasteiger charge is 2.51. The second-order valence-corrected chi connectivity index (χ2v) is 8.80. The number of aliphatic carboxylic acids is 1. The fourth-order valence-corrected chi connectivity index (χ4v) is 4.13. The molecule has 13 nitrogen and oxygen atoms in total. The third-order valence-electron chi connectivity index (χ3n) is 5.98. The van der Waals surface area contributed by atoms with Gasteiger partial charge in [0.1, 0.15) is 18.3 Å². The SMILES string of the molecule is CCCCCCC(CCCCCOC(=O)C(=O)O)OC(=O)C(=O)O[C@H]1COC2C1OC[C@@H]2OC(=O)C=O. The fourth-order valence-electron chi connectivity index (χ4n) is 4.13. The molecule has 2 saturated heterocycles. The van der Waals surface area contributed by atoms with E-state index >= 15 is 0 Å². The molecule has 0 aromatic rings. The van der Waals surface area contributed by atoms with Crippen molar-refractivity contribution in [2.75, 3.05) is 19.8 Å². The molecular formula is C24H34O13. The van der Waals surface area contributed by atoms with Gasteiger partial charge >= 0.3 is 29.8 Å². The van der Waals surface area contributed by atoms with Gasteiger partial charge in [-0.15, -0.1) is 0 Å². The van der Waals surface area contributed by atoms with Crippen molar-refractivity contribution in [1.29, 1.82) is 0 Å². The van der Waals surface area contributed by atoms with E-state index in [4.69, 9.17) is 28.8 Å². The molecule has 1 N–H and O–H groups in total. The van der Waals surface area contributed by atoms with E-state index in [2.05, 4.69) is 11.7 Å². The normalized spacial score (nSPS) is 22.9. The Labute approximate surface area is 214 Å². The number of fused-ring (bicyclic) bond motifs is 1. The molecule has 2 fully saturated rings. The molecule has 2 heterocycles. The van der Waals surface area contributed by atoms with E-state index < -0.39 is 60.4 Å². The average Bonchev–Trinajstić information content (AvgIpc) is 3.46. The van der Waals surface area contributed by atoms with Crippen molar-refractivity contribution in [2.24, 2.45) is 0 Å². The molecule has 0 radical (unpaired) electrons. The van der Waals surface area contributed by atoms with Gasteiger partial charge in [-0.3, -0.25) is 4.79 Å². The lowest BCUT2D eigenvalue weighted by atomic mass is 10.0. The van der Waals surface area contributed by atoms with Gasteiger partial charge in [0.2, 0.25) is 6.29 Å². The van der Waals surface area contributed by atoms with Gasteiger partial charge in [-0.25, -0.2) is 24.0 Å². The molecule has 13 heteroatoms. The van der Waals surface area contributed by atoms with Crippen LogP contribution in [0.15, 0.2) is 0 Å². The van der Waals surface area contributed by atoms with Crippen molar-refractivity contribution >= 4 is 36.1 Å². The van der Waals surface area contributed by atoms with Crippen molar-refractivity contribution in [3.8, 4) is 0 Å². The van der Waals surface area contributed by atoms with Crippen molar-refractivity contribution in [1.82, 2.24) is 0 Å². The van der Waals surface area contributed by atoms with Gasteiger partial charge in [-0.05, 0) is 38.5 Å². The molecule has 208 valence electrons. The van der Waals surface area contributed by atoms with Crippen LogP contribution in [0.1, 0.15) is 64.7 Å². The summed E-state index contributed by atoms with van der Waals surface area (Å²) in [5.74, 6) is -6.34. The maximum atomic E-state index is 12.4. The standard InChI is InChI=1S/C24H34O13/c1-2-3-4-6-9-15(10-7-5-8-11-32-22(29)21(27)28)35-23(30)24(31)37-17-14-34-19-16(13-33-20(17)19)36-18(26)12-25/h12,15-17,19-20H,2-11,13-14H2,1H3,(H,27,28)/t15?,16-,17-,19?,20?/m0/s1. The van der Waals surface area contributed by atoms with E-state index in [0.717, 1.165) is 25.7 Å². The highest BCUT2D eigenvalue weighted by molar-refractivity contribution is 6.29. The Morgan fingerprint density at radius 1 is 0.838 bits per heavy atom. The second kappa shape index (κ2) is 15.9. The number of carbonyl (C=O) groups is 6. The van der Waals surface area contributed by atoms with Crippen LogP contribution in [-0.4, -0.2) is 91.6 Å². The minimum Gasteiger partial charge on any atom is -0.473 e. The summed E-state index contributed by atoms with van der Waals surface area (Å²) in [7, 11) is 0. The molecule has 37 heavy (non-hydrogen) atoms. The van der Waals surface area contributed by atoms with Gasteiger partial charge in [-0.2, -0.15) is 0 Å². The highest BCUT2D eigenvalue weighted by Crippen LogP contribution is 2.30. The lowest BCUT2D eigenvalue weighted by Gasteiger charge is -2.19. The molecule has 2 aliphatic heterocycles. The molecule has 0 bridgehead atoms. The summed E-state index contributed by atoms with van der Waals surface area (Å²) in [5, 5.41) is 8.49. The zero-order valence-corrected chi connectivity index (χ0v) is 20.8. The Hall–Kier alpha value is -3.06. The van der Waals surface area contributed by atoms with Crippen molar-refractivity contribution in [3.05, 3.63) is 0 Å². The van der Waals surface area contributed by atoms with Crippen LogP contribution in [-0.2, 0) is 57.2 Å². The van der Waals surface area contributed by atoms with Crippen LogP contribution in [0, 0.1) is 0 Å². The van der Waals surface area contributed by atoms with Crippen LogP contribution in [0.2, 0.25) is 0 Å². The zero-order chi connectivity index (χ0) is 27.2. The van der Waals surface area contributed by atoms with E-state index in [9.17, 15) is 28.8 Å². The summed E-state index contributed by atoms with van der Waals surface area (Å²) in [6.45, 7) is 1.94. The third kappa shape index (κ3) is 10.1. The first kappa shape index (κ1) is 30.2. The van der Waals surface area contributed by atoms with E-state index in [1.54, 1.807) is 0 Å². The van der Waals surface area contributed by atoms with E-state index in [-0.39, 0.29) is 26.1 Å². The van der Waals surface area contributed by atoms with Gasteiger partial charge in [0, 0.05) is 0 Å². The minimum absolute atomic E-state index is 0.0265. The Kier molecular flexibility index (Phi) is 13.0. The molecular weight excluding hydrogens is 496 g/mol. The van der Waals surface area contributed by atoms with E-state index in [1.165, 1.54) is 0 Å². The van der Waals surface area contributed by atoms with E-state index in [1.807, 2.05) is 0 Å². The van der Waals surface area contributed by atoms with Crippen LogP contribution in [0.25, 0.3) is 0 Å². The summed E-state index contributed by atoms with van der Waals surface area (Å²) < 4.78 is 31.1. The number of unbranched alkanes of at least 4 members (excludes halogenated alkanes) is 5. The number of carbonyl (C=O) groups excluding carboxylic acids is 5. The number of hydrogen-bond acceptors (Lipinski definition) is 12. The first-order chi connectivity index (χ1) is 17.8. The average molecular weight is 531 g/mol. The third-order valence-corrected chi connectivity index (χ3v) is 5.98. The lowest BCUT2D eigenvalue weighted by Crippen LogP contribution is -2.38. The molecule has 0 amide bonds. The maximum absolute atomic E-state index is 12.4. The molecule has 0 aromatic carbocycles. The molecule has 0 spiro atoms. The minimum atomic E-state index is -1.65. The monoisotopic (exact) mass is 530 g/mol. The molecule has 3 unspecified atom stereocenters. The Morgan fingerprint density at radius 2 is 1.43 bits per heavy atom. The number of carboxylic acid groups (broad SMARTS) is 1. The quantitative estimate of drug-likeness (QED) is 0.104. The number of hydrogen-bond donors (Lipinski definition) is 1. The summed E-state index contributed by atoms with van der Waals surface area (Å²) in [5.41, 5.74) is 0. The summed E-state index contributed by atoms with van der Waals surface area (Å²) in [6, 6.07) is 0. The second-order valence-electron chi connectivity index (χ2n) is 8.80.